The van der Waals surface area contributed by atoms with Crippen LogP contribution in [0.25, 0.3) is 0 Å². The van der Waals surface area contributed by atoms with Crippen molar-refractivity contribution in [2.75, 3.05) is 31.1 Å². The van der Waals surface area contributed by atoms with Crippen LogP contribution < -0.4 is 4.90 Å². The number of halogens is 1. The van der Waals surface area contributed by atoms with Gasteiger partial charge in [0, 0.05) is 52.2 Å². The van der Waals surface area contributed by atoms with E-state index in [2.05, 4.69) is 26.1 Å². The number of nitrogens with zero attached hydrogens (tertiary/aromatic N) is 6. The van der Waals surface area contributed by atoms with Crippen molar-refractivity contribution >= 4 is 33.6 Å². The number of ketones is 1. The number of benzene rings is 1. The number of carbonyl (C=O) groups is 2. The van der Waals surface area contributed by atoms with E-state index in [0.717, 1.165) is 5.56 Å². The van der Waals surface area contributed by atoms with Crippen molar-refractivity contribution in [2.24, 2.45) is 7.05 Å². The molecule has 2 aromatic heterocycles. The van der Waals surface area contributed by atoms with Gasteiger partial charge >= 0.3 is 6.09 Å². The number of carbonyl (C=O) groups excluding carboxylic acids is 2. The SMILES string of the molecule is CCn1cc(C(=O)c2cn(C)nc2Br)c(N2CCN(C(=O)OCc3ccccc3)CC2)n1. The number of hydrogen-bond acceptors (Lipinski definition) is 6. The van der Waals surface area contributed by atoms with E-state index in [9.17, 15) is 9.59 Å². The molecule has 1 aliphatic rings. The van der Waals surface area contributed by atoms with Gasteiger partial charge in [0.05, 0.1) is 11.1 Å². The molecular weight excluding hydrogens is 476 g/mol. The number of piperazine rings is 1. The van der Waals surface area contributed by atoms with E-state index in [0.29, 0.717) is 54.3 Å². The van der Waals surface area contributed by atoms with Crippen LogP contribution in [0.2, 0.25) is 0 Å². The molecule has 4 rings (SSSR count). The normalized spacial score (nSPS) is 14.0. The van der Waals surface area contributed by atoms with Crippen molar-refractivity contribution in [1.82, 2.24) is 24.5 Å². The molecule has 0 spiro atoms. The van der Waals surface area contributed by atoms with Gasteiger partial charge in [-0.1, -0.05) is 30.3 Å². The molecule has 0 saturated carbocycles. The standard InChI is InChI=1S/C22H25BrN6O3/c1-3-29-14-18(19(30)17-13-26(2)24-20(17)23)21(25-29)27-9-11-28(12-10-27)22(31)32-15-16-7-5-4-6-8-16/h4-8,13-14H,3,9-12,15H2,1-2H3. The zero-order chi connectivity index (χ0) is 22.7. The van der Waals surface area contributed by atoms with Crippen LogP contribution in [0.3, 0.4) is 0 Å². The van der Waals surface area contributed by atoms with Gasteiger partial charge in [-0.15, -0.1) is 0 Å². The Morgan fingerprint density at radius 2 is 1.75 bits per heavy atom. The highest BCUT2D eigenvalue weighted by atomic mass is 79.9. The number of hydrogen-bond donors (Lipinski definition) is 0. The molecule has 0 aliphatic carbocycles. The molecule has 168 valence electrons. The Balaban J connectivity index is 1.43. The Morgan fingerprint density at radius 3 is 2.38 bits per heavy atom. The van der Waals surface area contributed by atoms with E-state index in [1.54, 1.807) is 33.7 Å². The fourth-order valence-corrected chi connectivity index (χ4v) is 4.17. The van der Waals surface area contributed by atoms with Gasteiger partial charge in [-0.05, 0) is 28.4 Å². The van der Waals surface area contributed by atoms with Gasteiger partial charge < -0.3 is 14.5 Å². The fourth-order valence-electron chi connectivity index (χ4n) is 3.64. The Kier molecular flexibility index (Phi) is 6.59. The van der Waals surface area contributed by atoms with Crippen LogP contribution in [0.15, 0.2) is 47.3 Å². The second-order valence-corrected chi connectivity index (χ2v) is 8.32. The molecule has 1 aliphatic heterocycles. The van der Waals surface area contributed by atoms with E-state index in [1.807, 2.05) is 42.2 Å². The number of anilines is 1. The predicted octanol–water partition coefficient (Wildman–Crippen LogP) is 3.09. The Morgan fingerprint density at radius 1 is 1.03 bits per heavy atom. The van der Waals surface area contributed by atoms with Gasteiger partial charge in [-0.3, -0.25) is 14.2 Å². The Bertz CT molecular complexity index is 1100. The minimum absolute atomic E-state index is 0.135. The molecule has 1 aromatic carbocycles. The molecule has 1 saturated heterocycles. The molecule has 3 heterocycles. The van der Waals surface area contributed by atoms with Gasteiger partial charge in [-0.2, -0.15) is 10.2 Å². The molecule has 0 bridgehead atoms. The minimum Gasteiger partial charge on any atom is -0.445 e. The van der Waals surface area contributed by atoms with Gasteiger partial charge in [-0.25, -0.2) is 4.79 Å². The maximum absolute atomic E-state index is 13.2. The van der Waals surface area contributed by atoms with Gasteiger partial charge in [0.15, 0.2) is 5.82 Å². The van der Waals surface area contributed by atoms with Crippen LogP contribution in [0, 0.1) is 0 Å². The van der Waals surface area contributed by atoms with Crippen molar-refractivity contribution in [3.8, 4) is 0 Å². The average molecular weight is 501 g/mol. The lowest BCUT2D eigenvalue weighted by molar-refractivity contribution is 0.0939. The molecule has 0 atom stereocenters. The molecule has 1 fully saturated rings. The van der Waals surface area contributed by atoms with Crippen LogP contribution in [0.4, 0.5) is 10.6 Å². The van der Waals surface area contributed by atoms with Crippen molar-refractivity contribution in [3.05, 3.63) is 64.0 Å². The summed E-state index contributed by atoms with van der Waals surface area (Å²) in [6, 6.07) is 9.61. The summed E-state index contributed by atoms with van der Waals surface area (Å²) in [5.41, 5.74) is 1.97. The van der Waals surface area contributed by atoms with Crippen molar-refractivity contribution < 1.29 is 14.3 Å². The second kappa shape index (κ2) is 9.56. The van der Waals surface area contributed by atoms with Gasteiger partial charge in [0.2, 0.25) is 5.78 Å². The maximum atomic E-state index is 13.2. The lowest BCUT2D eigenvalue weighted by Gasteiger charge is -2.34. The summed E-state index contributed by atoms with van der Waals surface area (Å²) in [5.74, 6) is 0.495. The smallest absolute Gasteiger partial charge is 0.410 e. The third-order valence-electron chi connectivity index (χ3n) is 5.38. The van der Waals surface area contributed by atoms with Crippen LogP contribution in [-0.2, 0) is 24.9 Å². The number of aromatic nitrogens is 4. The molecule has 0 radical (unpaired) electrons. The number of rotatable bonds is 6. The molecule has 32 heavy (non-hydrogen) atoms. The van der Waals surface area contributed by atoms with Crippen LogP contribution >= 0.6 is 15.9 Å². The van der Waals surface area contributed by atoms with E-state index >= 15 is 0 Å². The zero-order valence-corrected chi connectivity index (χ0v) is 19.7. The Labute approximate surface area is 194 Å². The van der Waals surface area contributed by atoms with Crippen LogP contribution in [0.5, 0.6) is 0 Å². The van der Waals surface area contributed by atoms with Crippen LogP contribution in [-0.4, -0.2) is 62.5 Å². The van der Waals surface area contributed by atoms with E-state index in [1.165, 1.54) is 0 Å². The summed E-state index contributed by atoms with van der Waals surface area (Å²) in [6.07, 6.45) is 3.14. The van der Waals surface area contributed by atoms with Crippen molar-refractivity contribution in [2.45, 2.75) is 20.1 Å². The highest BCUT2D eigenvalue weighted by molar-refractivity contribution is 9.10. The Hall–Kier alpha value is -3.14. The molecular formula is C22H25BrN6O3. The highest BCUT2D eigenvalue weighted by Crippen LogP contribution is 2.26. The summed E-state index contributed by atoms with van der Waals surface area (Å²) in [6.45, 7) is 5.00. The molecule has 3 aromatic rings. The molecule has 0 unspecified atom stereocenters. The summed E-state index contributed by atoms with van der Waals surface area (Å²) in [4.78, 5) is 29.4. The first kappa shape index (κ1) is 22.1. The van der Waals surface area contributed by atoms with E-state index < -0.39 is 0 Å². The highest BCUT2D eigenvalue weighted by Gasteiger charge is 2.29. The summed E-state index contributed by atoms with van der Waals surface area (Å²) < 4.78 is 9.31. The molecule has 9 nitrogen and oxygen atoms in total. The number of ether oxygens (including phenoxy) is 1. The molecule has 1 amide bonds. The monoisotopic (exact) mass is 500 g/mol. The third-order valence-corrected chi connectivity index (χ3v) is 5.97. The lowest BCUT2D eigenvalue weighted by Crippen LogP contribution is -2.49. The first-order chi connectivity index (χ1) is 15.5. The molecule has 0 N–H and O–H groups in total. The first-order valence-electron chi connectivity index (χ1n) is 10.5. The average Bonchev–Trinajstić information content (AvgIpc) is 3.40. The van der Waals surface area contributed by atoms with Gasteiger partial charge in [0.1, 0.15) is 11.2 Å². The number of amides is 1. The van der Waals surface area contributed by atoms with Gasteiger partial charge in [0.25, 0.3) is 0 Å². The second-order valence-electron chi connectivity index (χ2n) is 7.57. The van der Waals surface area contributed by atoms with Crippen LogP contribution in [0.1, 0.15) is 28.4 Å². The zero-order valence-electron chi connectivity index (χ0n) is 18.1. The summed E-state index contributed by atoms with van der Waals surface area (Å²) >= 11 is 3.36. The van der Waals surface area contributed by atoms with Crippen molar-refractivity contribution in [3.63, 3.8) is 0 Å². The number of aryl methyl sites for hydroxylation is 2. The maximum Gasteiger partial charge on any atom is 0.410 e. The largest absolute Gasteiger partial charge is 0.445 e. The molecule has 10 heteroatoms. The summed E-state index contributed by atoms with van der Waals surface area (Å²) in [5, 5.41) is 8.83. The van der Waals surface area contributed by atoms with E-state index in [-0.39, 0.29) is 18.5 Å². The van der Waals surface area contributed by atoms with Crippen molar-refractivity contribution in [1.29, 1.82) is 0 Å². The summed E-state index contributed by atoms with van der Waals surface area (Å²) in [7, 11) is 1.77. The third kappa shape index (κ3) is 4.69. The quantitative estimate of drug-likeness (QED) is 0.483. The van der Waals surface area contributed by atoms with E-state index in [4.69, 9.17) is 4.74 Å². The topological polar surface area (TPSA) is 85.5 Å². The lowest BCUT2D eigenvalue weighted by atomic mass is 10.1. The first-order valence-corrected chi connectivity index (χ1v) is 11.3. The predicted molar refractivity (Wildman–Crippen MR) is 123 cm³/mol. The fraction of sp³-hybridized carbons (Fsp3) is 0.364. The minimum atomic E-state index is -0.330.